The normalized spacial score (nSPS) is 12.3. The summed E-state index contributed by atoms with van der Waals surface area (Å²) in [4.78, 5) is 1.41. The zero-order chi connectivity index (χ0) is 13.3. The maximum Gasteiger partial charge on any atom is 0.0584 e. The van der Waals surface area contributed by atoms with Crippen molar-refractivity contribution in [1.82, 2.24) is 5.32 Å². The van der Waals surface area contributed by atoms with E-state index < -0.39 is 0 Å². The molecular weight excluding hydrogens is 262 g/mol. The zero-order valence-corrected chi connectivity index (χ0v) is 13.0. The quantitative estimate of drug-likeness (QED) is 0.834. The van der Waals surface area contributed by atoms with Gasteiger partial charge in [-0.2, -0.15) is 0 Å². The van der Waals surface area contributed by atoms with Gasteiger partial charge in [0, 0.05) is 17.0 Å². The van der Waals surface area contributed by atoms with Crippen molar-refractivity contribution in [3.05, 3.63) is 33.7 Å². The molecule has 98 valence electrons. The van der Waals surface area contributed by atoms with Crippen LogP contribution in [-0.2, 0) is 13.0 Å². The van der Waals surface area contributed by atoms with E-state index in [9.17, 15) is 0 Å². The predicted octanol–water partition coefficient (Wildman–Crippen LogP) is 5.01. The molecule has 0 aliphatic heterocycles. The molecule has 1 heterocycles. The van der Waals surface area contributed by atoms with Crippen LogP contribution in [0.5, 0.6) is 0 Å². The summed E-state index contributed by atoms with van der Waals surface area (Å²) in [6.07, 6.45) is 1.06. The van der Waals surface area contributed by atoms with E-state index in [1.165, 1.54) is 20.5 Å². The third kappa shape index (κ3) is 2.87. The van der Waals surface area contributed by atoms with Crippen LogP contribution in [0.25, 0.3) is 10.1 Å². The summed E-state index contributed by atoms with van der Waals surface area (Å²) in [6, 6.07) is 6.19. The molecule has 2 rings (SSSR count). The standard InChI is InChI=1S/C15H20ClNS/c1-5-10-11-7-6-8-12(16)14(11)18-13(10)9-17-15(2,3)4/h6-8,17H,5,9H2,1-4H3. The molecule has 0 bridgehead atoms. The lowest BCUT2D eigenvalue weighted by Crippen LogP contribution is -2.35. The van der Waals surface area contributed by atoms with Gasteiger partial charge in [-0.05, 0) is 44.2 Å². The lowest BCUT2D eigenvalue weighted by molar-refractivity contribution is 0.426. The Balaban J connectivity index is 2.41. The van der Waals surface area contributed by atoms with Crippen LogP contribution in [0.3, 0.4) is 0 Å². The van der Waals surface area contributed by atoms with Gasteiger partial charge < -0.3 is 5.32 Å². The number of rotatable bonds is 3. The maximum atomic E-state index is 6.28. The zero-order valence-electron chi connectivity index (χ0n) is 11.4. The maximum absolute atomic E-state index is 6.28. The van der Waals surface area contributed by atoms with Gasteiger partial charge in [0.25, 0.3) is 0 Å². The van der Waals surface area contributed by atoms with Crippen LogP contribution in [0.4, 0.5) is 0 Å². The lowest BCUT2D eigenvalue weighted by Gasteiger charge is -2.20. The number of thiophene rings is 1. The summed E-state index contributed by atoms with van der Waals surface area (Å²) >= 11 is 8.10. The summed E-state index contributed by atoms with van der Waals surface area (Å²) in [5.41, 5.74) is 1.58. The number of halogens is 1. The Kier molecular flexibility index (Phi) is 4.00. The first-order valence-corrected chi connectivity index (χ1v) is 7.55. The van der Waals surface area contributed by atoms with E-state index in [1.807, 2.05) is 23.5 Å². The molecular formula is C15H20ClNS. The van der Waals surface area contributed by atoms with E-state index in [-0.39, 0.29) is 5.54 Å². The average molecular weight is 282 g/mol. The first-order valence-electron chi connectivity index (χ1n) is 6.36. The van der Waals surface area contributed by atoms with Crippen molar-refractivity contribution >= 4 is 33.0 Å². The molecule has 0 spiro atoms. The van der Waals surface area contributed by atoms with E-state index >= 15 is 0 Å². The molecule has 0 atom stereocenters. The highest BCUT2D eigenvalue weighted by Crippen LogP contribution is 2.36. The minimum absolute atomic E-state index is 0.144. The Hall–Kier alpha value is -0.570. The number of benzene rings is 1. The third-order valence-corrected chi connectivity index (χ3v) is 4.69. The third-order valence-electron chi connectivity index (χ3n) is 2.99. The SMILES string of the molecule is CCc1c(CNC(C)(C)C)sc2c(Cl)cccc12. The van der Waals surface area contributed by atoms with Crippen LogP contribution in [0, 0.1) is 0 Å². The van der Waals surface area contributed by atoms with Crippen molar-refractivity contribution in [2.75, 3.05) is 0 Å². The van der Waals surface area contributed by atoms with Crippen molar-refractivity contribution in [2.24, 2.45) is 0 Å². The van der Waals surface area contributed by atoms with Gasteiger partial charge in [-0.25, -0.2) is 0 Å². The van der Waals surface area contributed by atoms with Gasteiger partial charge in [0.05, 0.1) is 9.72 Å². The van der Waals surface area contributed by atoms with Crippen LogP contribution < -0.4 is 5.32 Å². The molecule has 1 aromatic heterocycles. The molecule has 0 aliphatic carbocycles. The Bertz CT molecular complexity index is 551. The van der Waals surface area contributed by atoms with Crippen molar-refractivity contribution < 1.29 is 0 Å². The fourth-order valence-electron chi connectivity index (χ4n) is 2.06. The monoisotopic (exact) mass is 281 g/mol. The molecule has 0 amide bonds. The molecule has 0 fully saturated rings. The van der Waals surface area contributed by atoms with Crippen molar-refractivity contribution in [3.8, 4) is 0 Å². The highest BCUT2D eigenvalue weighted by molar-refractivity contribution is 7.20. The van der Waals surface area contributed by atoms with Gasteiger partial charge in [-0.3, -0.25) is 0 Å². The molecule has 3 heteroatoms. The van der Waals surface area contributed by atoms with E-state index in [1.54, 1.807) is 0 Å². The fourth-order valence-corrected chi connectivity index (χ4v) is 3.59. The molecule has 2 aromatic rings. The van der Waals surface area contributed by atoms with E-state index in [2.05, 4.69) is 39.1 Å². The molecule has 0 saturated heterocycles. The molecule has 0 aliphatic rings. The minimum atomic E-state index is 0.144. The summed E-state index contributed by atoms with van der Waals surface area (Å²) in [5, 5.41) is 5.75. The second-order valence-corrected chi connectivity index (χ2v) is 7.09. The smallest absolute Gasteiger partial charge is 0.0584 e. The number of aryl methyl sites for hydroxylation is 1. The van der Waals surface area contributed by atoms with Gasteiger partial charge in [0.2, 0.25) is 0 Å². The van der Waals surface area contributed by atoms with E-state index in [0.717, 1.165) is 18.0 Å². The van der Waals surface area contributed by atoms with Gasteiger partial charge >= 0.3 is 0 Å². The second-order valence-electron chi connectivity index (χ2n) is 5.58. The van der Waals surface area contributed by atoms with E-state index in [4.69, 9.17) is 11.6 Å². The van der Waals surface area contributed by atoms with Gasteiger partial charge in [-0.1, -0.05) is 30.7 Å². The Morgan fingerprint density at radius 2 is 2.00 bits per heavy atom. The molecule has 0 radical (unpaired) electrons. The van der Waals surface area contributed by atoms with Crippen LogP contribution >= 0.6 is 22.9 Å². The Morgan fingerprint density at radius 1 is 1.28 bits per heavy atom. The molecule has 18 heavy (non-hydrogen) atoms. The number of hydrogen-bond donors (Lipinski definition) is 1. The van der Waals surface area contributed by atoms with Crippen molar-refractivity contribution in [3.63, 3.8) is 0 Å². The number of nitrogens with one attached hydrogen (secondary N) is 1. The van der Waals surface area contributed by atoms with E-state index in [0.29, 0.717) is 0 Å². The molecule has 0 saturated carbocycles. The fraction of sp³-hybridized carbons (Fsp3) is 0.467. The first kappa shape index (κ1) is 13.9. The second kappa shape index (κ2) is 5.20. The largest absolute Gasteiger partial charge is 0.307 e. The molecule has 0 unspecified atom stereocenters. The Labute approximate surface area is 118 Å². The van der Waals surface area contributed by atoms with Gasteiger partial charge in [0.15, 0.2) is 0 Å². The predicted molar refractivity (Wildman–Crippen MR) is 82.8 cm³/mol. The summed E-state index contributed by atoms with van der Waals surface area (Å²) in [5.74, 6) is 0. The van der Waals surface area contributed by atoms with Crippen LogP contribution in [0.2, 0.25) is 5.02 Å². The summed E-state index contributed by atoms with van der Waals surface area (Å²) in [6.45, 7) is 9.71. The molecule has 1 N–H and O–H groups in total. The number of fused-ring (bicyclic) bond motifs is 1. The van der Waals surface area contributed by atoms with Crippen molar-refractivity contribution in [2.45, 2.75) is 46.2 Å². The summed E-state index contributed by atoms with van der Waals surface area (Å²) < 4.78 is 1.22. The highest BCUT2D eigenvalue weighted by Gasteiger charge is 2.15. The minimum Gasteiger partial charge on any atom is -0.307 e. The lowest BCUT2D eigenvalue weighted by atomic mass is 10.1. The van der Waals surface area contributed by atoms with Crippen LogP contribution in [-0.4, -0.2) is 5.54 Å². The first-order chi connectivity index (χ1) is 8.42. The molecule has 1 nitrogen and oxygen atoms in total. The molecule has 1 aromatic carbocycles. The highest BCUT2D eigenvalue weighted by atomic mass is 35.5. The van der Waals surface area contributed by atoms with Crippen LogP contribution in [0.1, 0.15) is 38.1 Å². The number of hydrogen-bond acceptors (Lipinski definition) is 2. The summed E-state index contributed by atoms with van der Waals surface area (Å²) in [7, 11) is 0. The van der Waals surface area contributed by atoms with Gasteiger partial charge in [0.1, 0.15) is 0 Å². The van der Waals surface area contributed by atoms with Crippen LogP contribution in [0.15, 0.2) is 18.2 Å². The Morgan fingerprint density at radius 3 is 2.61 bits per heavy atom. The van der Waals surface area contributed by atoms with Gasteiger partial charge in [-0.15, -0.1) is 11.3 Å². The average Bonchev–Trinajstić information content (AvgIpc) is 2.64. The topological polar surface area (TPSA) is 12.0 Å². The van der Waals surface area contributed by atoms with Crippen molar-refractivity contribution in [1.29, 1.82) is 0 Å².